The average Bonchev–Trinajstić information content (AvgIpc) is 2.90. The molecule has 0 aliphatic heterocycles. The van der Waals surface area contributed by atoms with Gasteiger partial charge in [0.15, 0.2) is 5.16 Å². The fourth-order valence-corrected chi connectivity index (χ4v) is 5.51. The van der Waals surface area contributed by atoms with Gasteiger partial charge in [-0.25, -0.2) is 4.98 Å². The third kappa shape index (κ3) is 4.19. The van der Waals surface area contributed by atoms with Crippen molar-refractivity contribution in [2.45, 2.75) is 32.5 Å². The number of fused-ring (bicyclic) bond motifs is 1. The number of carbonyl (C=O) groups excluding carboxylic acids is 1. The Bertz CT molecular complexity index is 1120. The number of amides is 1. The molecule has 0 atom stereocenters. The Morgan fingerprint density at radius 3 is 2.50 bits per heavy atom. The Morgan fingerprint density at radius 2 is 1.89 bits per heavy atom. The Morgan fingerprint density at radius 1 is 1.25 bits per heavy atom. The number of hydrogen-bond acceptors (Lipinski definition) is 5. The lowest BCUT2D eigenvalue weighted by atomic mass is 10.2. The summed E-state index contributed by atoms with van der Waals surface area (Å²) in [6.07, 6.45) is 0. The zero-order valence-corrected chi connectivity index (χ0v) is 19.1. The van der Waals surface area contributed by atoms with Crippen LogP contribution in [0.15, 0.2) is 22.1 Å². The van der Waals surface area contributed by atoms with Gasteiger partial charge in [0.2, 0.25) is 5.91 Å². The molecule has 10 heteroatoms. The highest BCUT2D eigenvalue weighted by Crippen LogP contribution is 2.34. The van der Waals surface area contributed by atoms with Gasteiger partial charge in [-0.15, -0.1) is 11.3 Å². The van der Waals surface area contributed by atoms with Crippen LogP contribution in [-0.2, 0) is 11.3 Å². The van der Waals surface area contributed by atoms with Crippen molar-refractivity contribution < 1.29 is 4.79 Å². The van der Waals surface area contributed by atoms with Crippen LogP contribution in [0.3, 0.4) is 0 Å². The highest BCUT2D eigenvalue weighted by molar-refractivity contribution is 7.99. The molecule has 148 valence electrons. The summed E-state index contributed by atoms with van der Waals surface area (Å²) in [5, 5.41) is 4.73. The molecule has 0 unspecified atom stereocenters. The molecule has 3 rings (SSSR count). The van der Waals surface area contributed by atoms with Crippen molar-refractivity contribution >= 4 is 79.7 Å². The second-order valence-corrected chi connectivity index (χ2v) is 9.39. The first-order chi connectivity index (χ1) is 13.2. The van der Waals surface area contributed by atoms with Gasteiger partial charge in [0.05, 0.1) is 26.9 Å². The van der Waals surface area contributed by atoms with Crippen LogP contribution in [0.25, 0.3) is 10.2 Å². The van der Waals surface area contributed by atoms with Gasteiger partial charge in [-0.3, -0.25) is 14.2 Å². The molecular formula is C18H16Cl3N3O2S2. The van der Waals surface area contributed by atoms with Crippen LogP contribution in [-0.4, -0.2) is 21.2 Å². The third-order valence-corrected chi connectivity index (χ3v) is 7.07. The molecule has 0 radical (unpaired) electrons. The van der Waals surface area contributed by atoms with Crippen molar-refractivity contribution in [1.29, 1.82) is 0 Å². The minimum absolute atomic E-state index is 0.0522. The van der Waals surface area contributed by atoms with Crippen LogP contribution in [0.4, 0.5) is 5.69 Å². The number of nitrogens with one attached hydrogen (secondary N) is 1. The summed E-state index contributed by atoms with van der Waals surface area (Å²) >= 11 is 20.8. The first kappa shape index (κ1) is 21.5. The van der Waals surface area contributed by atoms with E-state index in [-0.39, 0.29) is 27.3 Å². The third-order valence-electron chi connectivity index (χ3n) is 4.17. The number of thiophene rings is 1. The van der Waals surface area contributed by atoms with Gasteiger partial charge in [-0.05, 0) is 38.5 Å². The summed E-state index contributed by atoms with van der Waals surface area (Å²) < 4.78 is 1.59. The molecule has 0 spiro atoms. The topological polar surface area (TPSA) is 64.0 Å². The van der Waals surface area contributed by atoms with Gasteiger partial charge in [-0.1, -0.05) is 46.6 Å². The van der Waals surface area contributed by atoms with E-state index in [9.17, 15) is 9.59 Å². The molecule has 2 heterocycles. The summed E-state index contributed by atoms with van der Waals surface area (Å²) in [7, 11) is 0. The van der Waals surface area contributed by atoms with Crippen molar-refractivity contribution in [3.63, 3.8) is 0 Å². The highest BCUT2D eigenvalue weighted by Gasteiger charge is 2.17. The van der Waals surface area contributed by atoms with Crippen LogP contribution in [0.1, 0.15) is 17.4 Å². The van der Waals surface area contributed by atoms with Gasteiger partial charge >= 0.3 is 0 Å². The molecule has 5 nitrogen and oxygen atoms in total. The summed E-state index contributed by atoms with van der Waals surface area (Å²) in [5.41, 5.74) is 1.18. The van der Waals surface area contributed by atoms with Gasteiger partial charge < -0.3 is 5.32 Å². The molecular weight excluding hydrogens is 461 g/mol. The number of anilines is 1. The van der Waals surface area contributed by atoms with E-state index in [4.69, 9.17) is 34.8 Å². The van der Waals surface area contributed by atoms with E-state index in [1.807, 2.05) is 20.8 Å². The quantitative estimate of drug-likeness (QED) is 0.374. The second kappa shape index (κ2) is 8.63. The number of halogens is 3. The lowest BCUT2D eigenvalue weighted by Gasteiger charge is -2.11. The number of aromatic nitrogens is 2. The van der Waals surface area contributed by atoms with Crippen molar-refractivity contribution in [3.05, 3.63) is 48.0 Å². The van der Waals surface area contributed by atoms with Gasteiger partial charge in [0, 0.05) is 16.4 Å². The summed E-state index contributed by atoms with van der Waals surface area (Å²) in [5.74, 6) is -0.261. The summed E-state index contributed by atoms with van der Waals surface area (Å²) in [6.45, 7) is 6.24. The predicted molar refractivity (Wildman–Crippen MR) is 120 cm³/mol. The predicted octanol–water partition coefficient (Wildman–Crippen LogP) is 5.79. The van der Waals surface area contributed by atoms with Crippen molar-refractivity contribution in [3.8, 4) is 0 Å². The second-order valence-electron chi connectivity index (χ2n) is 5.99. The Hall–Kier alpha value is -1.25. The first-order valence-electron chi connectivity index (χ1n) is 8.30. The number of aryl methyl sites for hydroxylation is 2. The number of benzene rings is 1. The number of hydrogen-bond donors (Lipinski definition) is 1. The Balaban J connectivity index is 1.84. The van der Waals surface area contributed by atoms with Gasteiger partial charge in [0.1, 0.15) is 4.83 Å². The van der Waals surface area contributed by atoms with E-state index in [0.717, 1.165) is 10.4 Å². The van der Waals surface area contributed by atoms with Crippen LogP contribution in [0.5, 0.6) is 0 Å². The van der Waals surface area contributed by atoms with Crippen LogP contribution < -0.4 is 10.9 Å². The van der Waals surface area contributed by atoms with E-state index in [1.54, 1.807) is 4.57 Å². The van der Waals surface area contributed by atoms with E-state index >= 15 is 0 Å². The van der Waals surface area contributed by atoms with Gasteiger partial charge in [-0.2, -0.15) is 0 Å². The smallest absolute Gasteiger partial charge is 0.263 e. The molecule has 3 aromatic rings. The highest BCUT2D eigenvalue weighted by atomic mass is 35.5. The summed E-state index contributed by atoms with van der Waals surface area (Å²) in [6, 6.07) is 3.01. The number of rotatable bonds is 5. The number of carbonyl (C=O) groups is 1. The Labute approximate surface area is 185 Å². The molecule has 0 saturated heterocycles. The molecule has 1 amide bonds. The maximum atomic E-state index is 12.8. The lowest BCUT2D eigenvalue weighted by Crippen LogP contribution is -2.23. The minimum atomic E-state index is -0.313. The number of thioether (sulfide) groups is 1. The van der Waals surface area contributed by atoms with Crippen LogP contribution in [0, 0.1) is 13.8 Å². The molecule has 0 aliphatic rings. The molecule has 1 N–H and O–H groups in total. The molecule has 0 bridgehead atoms. The maximum absolute atomic E-state index is 12.8. The molecule has 0 fully saturated rings. The first-order valence-corrected chi connectivity index (χ1v) is 11.2. The molecule has 2 aromatic heterocycles. The fraction of sp³-hybridized carbons (Fsp3) is 0.278. The zero-order chi connectivity index (χ0) is 20.6. The van der Waals surface area contributed by atoms with E-state index in [2.05, 4.69) is 10.3 Å². The lowest BCUT2D eigenvalue weighted by molar-refractivity contribution is -0.113. The van der Waals surface area contributed by atoms with Crippen LogP contribution in [0.2, 0.25) is 15.1 Å². The minimum Gasteiger partial charge on any atom is -0.323 e. The number of nitrogens with zero attached hydrogens (tertiary/aromatic N) is 2. The van der Waals surface area contributed by atoms with Gasteiger partial charge in [0.25, 0.3) is 5.56 Å². The normalized spacial score (nSPS) is 11.2. The van der Waals surface area contributed by atoms with Crippen molar-refractivity contribution in [2.75, 3.05) is 11.1 Å². The Kier molecular flexibility index (Phi) is 6.61. The monoisotopic (exact) mass is 475 g/mol. The van der Waals surface area contributed by atoms with E-state index in [1.165, 1.54) is 35.2 Å². The standard InChI is InChI=1S/C18H16Cl3N3O2S2/c1-4-24-17(26)14-8(2)9(3)28-16(14)23-18(24)27-7-13(25)22-15-11(20)5-10(19)6-12(15)21/h5-6H,4,7H2,1-3H3,(H,22,25). The van der Waals surface area contributed by atoms with Crippen molar-refractivity contribution in [2.24, 2.45) is 0 Å². The van der Waals surface area contributed by atoms with E-state index < -0.39 is 0 Å². The fourth-order valence-electron chi connectivity index (χ4n) is 2.66. The van der Waals surface area contributed by atoms with Crippen molar-refractivity contribution in [1.82, 2.24) is 9.55 Å². The van der Waals surface area contributed by atoms with E-state index in [0.29, 0.717) is 32.6 Å². The summed E-state index contributed by atoms with van der Waals surface area (Å²) in [4.78, 5) is 31.6. The average molecular weight is 477 g/mol. The largest absolute Gasteiger partial charge is 0.323 e. The molecule has 1 aromatic carbocycles. The maximum Gasteiger partial charge on any atom is 0.263 e. The SMILES string of the molecule is CCn1c(SCC(=O)Nc2c(Cl)cc(Cl)cc2Cl)nc2sc(C)c(C)c2c1=O. The molecule has 0 saturated carbocycles. The zero-order valence-electron chi connectivity index (χ0n) is 15.2. The molecule has 28 heavy (non-hydrogen) atoms. The molecule has 0 aliphatic carbocycles. The van der Waals surface area contributed by atoms with Crippen LogP contribution >= 0.6 is 57.9 Å².